The number of anilines is 1. The van der Waals surface area contributed by atoms with Gasteiger partial charge in [0, 0.05) is 29.6 Å². The summed E-state index contributed by atoms with van der Waals surface area (Å²) in [7, 11) is 0. The first kappa shape index (κ1) is 17.7. The molecule has 2 aromatic rings. The molecule has 3 rings (SSSR count). The largest absolute Gasteiger partial charge is 0.312 e. The lowest BCUT2D eigenvalue weighted by Crippen LogP contribution is -2.25. The van der Waals surface area contributed by atoms with E-state index in [0.717, 1.165) is 28.1 Å². The minimum atomic E-state index is -0.149. The Bertz CT molecular complexity index is 844. The quantitative estimate of drug-likeness (QED) is 0.596. The van der Waals surface area contributed by atoms with Crippen LogP contribution >= 0.6 is 11.8 Å². The molecule has 0 N–H and O–H groups in total. The number of rotatable bonds is 4. The molecule has 0 aromatic heterocycles. The molecule has 1 atom stereocenters. The molecule has 3 nitrogen and oxygen atoms in total. The van der Waals surface area contributed by atoms with Crippen LogP contribution in [0, 0.1) is 13.8 Å². The number of ketones is 1. The van der Waals surface area contributed by atoms with Gasteiger partial charge in [-0.3, -0.25) is 9.59 Å². The van der Waals surface area contributed by atoms with E-state index < -0.39 is 0 Å². The topological polar surface area (TPSA) is 37.4 Å². The molecule has 0 radical (unpaired) electrons. The fraction of sp³-hybridized carbons (Fsp3) is 0.333. The molecule has 2 aromatic carbocycles. The minimum absolute atomic E-state index is 0.0525. The van der Waals surface area contributed by atoms with Crippen molar-refractivity contribution in [1.29, 1.82) is 0 Å². The second-order valence-electron chi connectivity index (χ2n) is 6.66. The number of hydrogen-bond acceptors (Lipinski definition) is 3. The second-order valence-corrected chi connectivity index (χ2v) is 8.04. The Kier molecular flexibility index (Phi) is 5.00. The zero-order chi connectivity index (χ0) is 18.1. The molecular weight excluding hydrogens is 330 g/mol. The number of amides is 1. The van der Waals surface area contributed by atoms with Gasteiger partial charge in [0.05, 0.1) is 5.25 Å². The van der Waals surface area contributed by atoms with Gasteiger partial charge in [0.2, 0.25) is 5.91 Å². The molecule has 0 bridgehead atoms. The van der Waals surface area contributed by atoms with Crippen molar-refractivity contribution in [2.75, 3.05) is 11.4 Å². The highest BCUT2D eigenvalue weighted by Crippen LogP contribution is 2.32. The average Bonchev–Trinajstić information content (AvgIpc) is 3.00. The van der Waals surface area contributed by atoms with Crippen molar-refractivity contribution in [3.63, 3.8) is 0 Å². The lowest BCUT2D eigenvalue weighted by atomic mass is 10.0. The number of carbonyl (C=O) groups is 2. The van der Waals surface area contributed by atoms with Crippen LogP contribution in [0.2, 0.25) is 0 Å². The molecule has 0 fully saturated rings. The zero-order valence-electron chi connectivity index (χ0n) is 15.1. The summed E-state index contributed by atoms with van der Waals surface area (Å²) >= 11 is 1.61. The Balaban J connectivity index is 1.79. The van der Waals surface area contributed by atoms with E-state index in [-0.39, 0.29) is 16.9 Å². The molecule has 0 saturated heterocycles. The first-order valence-electron chi connectivity index (χ1n) is 8.56. The van der Waals surface area contributed by atoms with Gasteiger partial charge in [-0.15, -0.1) is 11.8 Å². The van der Waals surface area contributed by atoms with Crippen molar-refractivity contribution in [3.8, 4) is 0 Å². The number of carbonyl (C=O) groups excluding carboxylic acids is 2. The Morgan fingerprint density at radius 2 is 1.88 bits per heavy atom. The van der Waals surface area contributed by atoms with Gasteiger partial charge in [0.15, 0.2) is 5.78 Å². The van der Waals surface area contributed by atoms with E-state index in [1.54, 1.807) is 23.6 Å². The summed E-state index contributed by atoms with van der Waals surface area (Å²) in [4.78, 5) is 27.4. The maximum Gasteiger partial charge on any atom is 0.223 e. The number of thioether (sulfide) groups is 1. The normalized spacial score (nSPS) is 14.3. The number of fused-ring (bicyclic) bond motifs is 1. The summed E-state index contributed by atoms with van der Waals surface area (Å²) in [5, 5.41) is -0.149. The van der Waals surface area contributed by atoms with Gasteiger partial charge in [-0.25, -0.2) is 0 Å². The standard InChI is InChI=1S/C21H23NO2S/c1-13-5-6-14(2)20(11-13)25-15(3)21(24)18-7-8-19-17(12-18)9-10-22(19)16(4)23/h5-8,11-12,15H,9-10H2,1-4H3. The third-order valence-electron chi connectivity index (χ3n) is 4.66. The van der Waals surface area contributed by atoms with Gasteiger partial charge in [-0.2, -0.15) is 0 Å². The summed E-state index contributed by atoms with van der Waals surface area (Å²) < 4.78 is 0. The zero-order valence-corrected chi connectivity index (χ0v) is 15.9. The first-order chi connectivity index (χ1) is 11.9. The molecule has 130 valence electrons. The van der Waals surface area contributed by atoms with E-state index in [0.29, 0.717) is 6.54 Å². The Labute approximate surface area is 153 Å². The summed E-state index contributed by atoms with van der Waals surface area (Å²) in [5.41, 5.74) is 5.16. The van der Waals surface area contributed by atoms with Crippen LogP contribution < -0.4 is 4.90 Å². The maximum absolute atomic E-state index is 12.9. The molecule has 1 aliphatic heterocycles. The lowest BCUT2D eigenvalue weighted by Gasteiger charge is -2.16. The van der Waals surface area contributed by atoms with Crippen LogP contribution in [0.1, 0.15) is 40.9 Å². The van der Waals surface area contributed by atoms with Crippen LogP contribution in [0.25, 0.3) is 0 Å². The van der Waals surface area contributed by atoms with Gasteiger partial charge < -0.3 is 4.90 Å². The van der Waals surface area contributed by atoms with Crippen molar-refractivity contribution in [3.05, 3.63) is 58.7 Å². The summed E-state index contributed by atoms with van der Waals surface area (Å²) in [6.07, 6.45) is 0.814. The monoisotopic (exact) mass is 353 g/mol. The fourth-order valence-electron chi connectivity index (χ4n) is 3.20. The van der Waals surface area contributed by atoms with Crippen LogP contribution in [0.3, 0.4) is 0 Å². The third-order valence-corrected chi connectivity index (χ3v) is 5.92. The number of hydrogen-bond donors (Lipinski definition) is 0. The van der Waals surface area contributed by atoms with Crippen molar-refractivity contribution in [2.45, 2.75) is 44.3 Å². The van der Waals surface area contributed by atoms with Crippen molar-refractivity contribution in [2.24, 2.45) is 0 Å². The molecular formula is C21H23NO2S. The number of nitrogens with zero attached hydrogens (tertiary/aromatic N) is 1. The summed E-state index contributed by atoms with van der Waals surface area (Å²) in [6, 6.07) is 12.0. The van der Waals surface area contributed by atoms with E-state index in [1.807, 2.05) is 25.1 Å². The Morgan fingerprint density at radius 3 is 2.60 bits per heavy atom. The van der Waals surface area contributed by atoms with E-state index >= 15 is 0 Å². The highest BCUT2D eigenvalue weighted by molar-refractivity contribution is 8.00. The predicted molar refractivity (Wildman–Crippen MR) is 104 cm³/mol. The van der Waals surface area contributed by atoms with Crippen LogP contribution in [0.4, 0.5) is 5.69 Å². The molecule has 1 heterocycles. The highest BCUT2D eigenvalue weighted by Gasteiger charge is 2.24. The summed E-state index contributed by atoms with van der Waals surface area (Å²) in [5.74, 6) is 0.187. The molecule has 4 heteroatoms. The first-order valence-corrected chi connectivity index (χ1v) is 9.44. The fourth-order valence-corrected chi connectivity index (χ4v) is 4.33. The molecule has 25 heavy (non-hydrogen) atoms. The van der Waals surface area contributed by atoms with Gasteiger partial charge in [0.1, 0.15) is 0 Å². The van der Waals surface area contributed by atoms with Gasteiger partial charge in [-0.1, -0.05) is 17.7 Å². The van der Waals surface area contributed by atoms with Crippen LogP contribution in [0.5, 0.6) is 0 Å². The van der Waals surface area contributed by atoms with Gasteiger partial charge in [-0.05, 0) is 62.6 Å². The second kappa shape index (κ2) is 7.04. The van der Waals surface area contributed by atoms with E-state index in [2.05, 4.69) is 32.0 Å². The average molecular weight is 353 g/mol. The smallest absolute Gasteiger partial charge is 0.223 e. The number of benzene rings is 2. The Morgan fingerprint density at radius 1 is 1.12 bits per heavy atom. The van der Waals surface area contributed by atoms with Crippen LogP contribution in [-0.4, -0.2) is 23.5 Å². The molecule has 0 spiro atoms. The van der Waals surface area contributed by atoms with Crippen molar-refractivity contribution < 1.29 is 9.59 Å². The SMILES string of the molecule is CC(=O)N1CCc2cc(C(=O)C(C)Sc3cc(C)ccc3C)ccc21. The van der Waals surface area contributed by atoms with Crippen molar-refractivity contribution >= 4 is 29.1 Å². The maximum atomic E-state index is 12.9. The summed E-state index contributed by atoms with van der Waals surface area (Å²) in [6.45, 7) is 8.39. The van der Waals surface area contributed by atoms with Crippen LogP contribution in [0.15, 0.2) is 41.3 Å². The third kappa shape index (κ3) is 3.64. The molecule has 1 aliphatic rings. The molecule has 0 aliphatic carbocycles. The molecule has 1 unspecified atom stereocenters. The van der Waals surface area contributed by atoms with Crippen LogP contribution in [-0.2, 0) is 11.2 Å². The van der Waals surface area contributed by atoms with E-state index in [9.17, 15) is 9.59 Å². The minimum Gasteiger partial charge on any atom is -0.312 e. The highest BCUT2D eigenvalue weighted by atomic mass is 32.2. The van der Waals surface area contributed by atoms with E-state index in [4.69, 9.17) is 0 Å². The Hall–Kier alpha value is -2.07. The van der Waals surface area contributed by atoms with Gasteiger partial charge in [0.25, 0.3) is 0 Å². The number of aryl methyl sites for hydroxylation is 2. The number of Topliss-reactive ketones (excluding diaryl/α,β-unsaturated/α-hetero) is 1. The van der Waals surface area contributed by atoms with Gasteiger partial charge >= 0.3 is 0 Å². The molecule has 0 saturated carbocycles. The predicted octanol–water partition coefficient (Wildman–Crippen LogP) is 4.58. The van der Waals surface area contributed by atoms with E-state index in [1.165, 1.54) is 11.1 Å². The van der Waals surface area contributed by atoms with Crippen molar-refractivity contribution in [1.82, 2.24) is 0 Å². The lowest BCUT2D eigenvalue weighted by molar-refractivity contribution is -0.116. The molecule has 1 amide bonds.